The number of alkyl halides is 3. The molecule has 1 aliphatic rings. The molecule has 7 nitrogen and oxygen atoms in total. The van der Waals surface area contributed by atoms with Gasteiger partial charge in [-0.15, -0.1) is 0 Å². The molecule has 0 spiro atoms. The van der Waals surface area contributed by atoms with Crippen LogP contribution in [0.5, 0.6) is 0 Å². The van der Waals surface area contributed by atoms with E-state index >= 15 is 0 Å². The fourth-order valence-electron chi connectivity index (χ4n) is 3.32. The lowest BCUT2D eigenvalue weighted by molar-refractivity contribution is -0.162. The highest BCUT2D eigenvalue weighted by atomic mass is 35.5. The fourth-order valence-corrected chi connectivity index (χ4v) is 3.59. The highest BCUT2D eigenvalue weighted by Crippen LogP contribution is 2.27. The summed E-state index contributed by atoms with van der Waals surface area (Å²) < 4.78 is 46.1. The zero-order valence-corrected chi connectivity index (χ0v) is 18.5. The molecule has 1 aromatic carbocycles. The maximum atomic E-state index is 12.8. The summed E-state index contributed by atoms with van der Waals surface area (Å²) >= 11 is 6.25. The van der Waals surface area contributed by atoms with Crippen LogP contribution >= 0.6 is 11.6 Å². The minimum absolute atomic E-state index is 0.0843. The largest absolute Gasteiger partial charge is 0.463 e. The molecule has 1 N–H and O–H groups in total. The van der Waals surface area contributed by atoms with Crippen LogP contribution in [0.3, 0.4) is 0 Å². The van der Waals surface area contributed by atoms with E-state index in [1.807, 2.05) is 0 Å². The maximum absolute atomic E-state index is 12.8. The van der Waals surface area contributed by atoms with Gasteiger partial charge >= 0.3 is 18.2 Å². The molecule has 1 aliphatic heterocycles. The first-order valence-electron chi connectivity index (χ1n) is 10.2. The van der Waals surface area contributed by atoms with Crippen LogP contribution in [0.4, 0.5) is 18.0 Å². The smallest absolute Gasteiger partial charge is 0.422 e. The zero-order chi connectivity index (χ0) is 23.9. The van der Waals surface area contributed by atoms with Gasteiger partial charge in [0.1, 0.15) is 0 Å². The van der Waals surface area contributed by atoms with Crippen LogP contribution in [-0.4, -0.2) is 54.8 Å². The predicted octanol–water partition coefficient (Wildman–Crippen LogP) is 4.25. The second-order valence-electron chi connectivity index (χ2n) is 7.76. The van der Waals surface area contributed by atoms with Crippen LogP contribution < -0.4 is 5.32 Å². The number of esters is 1. The minimum atomic E-state index is -4.60. The summed E-state index contributed by atoms with van der Waals surface area (Å²) in [4.78, 5) is 38.0. The number of likely N-dealkylation sites (tertiary alicyclic amines) is 1. The Morgan fingerprint density at radius 1 is 1.19 bits per heavy atom. The molecule has 178 valence electrons. The molecule has 11 heteroatoms. The summed E-state index contributed by atoms with van der Waals surface area (Å²) in [5, 5.41) is 3.22. The Hall–Kier alpha value is -2.49. The van der Waals surface area contributed by atoms with Gasteiger partial charge in [0.2, 0.25) is 5.91 Å². The summed E-state index contributed by atoms with van der Waals surface area (Å²) in [6.07, 6.45) is -5.59. The zero-order valence-electron chi connectivity index (χ0n) is 17.8. The topological polar surface area (TPSA) is 84.9 Å². The highest BCUT2D eigenvalue weighted by Gasteiger charge is 2.33. The number of piperidine rings is 1. The molecule has 1 saturated heterocycles. The number of halogens is 4. The van der Waals surface area contributed by atoms with Gasteiger partial charge in [0.25, 0.3) is 0 Å². The van der Waals surface area contributed by atoms with Crippen molar-refractivity contribution in [3.63, 3.8) is 0 Å². The van der Waals surface area contributed by atoms with Crippen molar-refractivity contribution in [1.29, 1.82) is 0 Å². The average Bonchev–Trinajstić information content (AvgIpc) is 2.71. The van der Waals surface area contributed by atoms with E-state index in [0.717, 1.165) is 4.90 Å². The molecule has 2 amide bonds. The SMILES string of the molecule is CC(C)OC(=O)CC(NC(=O)C1CCN(C(=O)OCC(F)(F)F)CC1)c1ccccc1Cl. The van der Waals surface area contributed by atoms with Gasteiger partial charge in [-0.25, -0.2) is 4.79 Å². The first-order chi connectivity index (χ1) is 15.0. The summed E-state index contributed by atoms with van der Waals surface area (Å²) in [6.45, 7) is 1.95. The molecule has 1 fully saturated rings. The van der Waals surface area contributed by atoms with Gasteiger partial charge < -0.3 is 19.7 Å². The fraction of sp³-hybridized carbons (Fsp3) is 0.571. The van der Waals surface area contributed by atoms with Gasteiger partial charge in [0.15, 0.2) is 6.61 Å². The molecule has 1 atom stereocenters. The molecule has 0 bridgehead atoms. The summed E-state index contributed by atoms with van der Waals surface area (Å²) in [7, 11) is 0. The minimum Gasteiger partial charge on any atom is -0.463 e. The average molecular weight is 479 g/mol. The van der Waals surface area contributed by atoms with Crippen molar-refractivity contribution in [2.45, 2.75) is 51.4 Å². The number of hydrogen-bond donors (Lipinski definition) is 1. The van der Waals surface area contributed by atoms with Gasteiger partial charge in [0, 0.05) is 24.0 Å². The molecule has 1 unspecified atom stereocenters. The number of nitrogens with one attached hydrogen (secondary N) is 1. The van der Waals surface area contributed by atoms with E-state index in [2.05, 4.69) is 10.1 Å². The van der Waals surface area contributed by atoms with E-state index in [4.69, 9.17) is 16.3 Å². The molecule has 1 aromatic rings. The van der Waals surface area contributed by atoms with E-state index < -0.39 is 36.8 Å². The Morgan fingerprint density at radius 2 is 1.81 bits per heavy atom. The van der Waals surface area contributed by atoms with E-state index in [1.165, 1.54) is 0 Å². The van der Waals surface area contributed by atoms with Crippen LogP contribution in [0.2, 0.25) is 5.02 Å². The number of amides is 2. The van der Waals surface area contributed by atoms with E-state index in [0.29, 0.717) is 10.6 Å². The number of benzene rings is 1. The molecule has 1 heterocycles. The van der Waals surface area contributed by atoms with Gasteiger partial charge in [-0.3, -0.25) is 9.59 Å². The molecule has 2 rings (SSSR count). The van der Waals surface area contributed by atoms with Crippen molar-refractivity contribution in [2.75, 3.05) is 19.7 Å². The number of carbonyl (C=O) groups excluding carboxylic acids is 3. The van der Waals surface area contributed by atoms with Crippen molar-refractivity contribution < 1.29 is 37.0 Å². The lowest BCUT2D eigenvalue weighted by Gasteiger charge is -2.31. The van der Waals surface area contributed by atoms with Gasteiger partial charge in [-0.05, 0) is 38.3 Å². The van der Waals surface area contributed by atoms with E-state index in [9.17, 15) is 27.6 Å². The first-order valence-corrected chi connectivity index (χ1v) is 10.6. The van der Waals surface area contributed by atoms with Crippen LogP contribution in [-0.2, 0) is 19.1 Å². The van der Waals surface area contributed by atoms with Gasteiger partial charge in [-0.1, -0.05) is 29.8 Å². The van der Waals surface area contributed by atoms with Crippen LogP contribution in [0.15, 0.2) is 24.3 Å². The van der Waals surface area contributed by atoms with Crippen molar-refractivity contribution in [1.82, 2.24) is 10.2 Å². The van der Waals surface area contributed by atoms with Gasteiger partial charge in [0.05, 0.1) is 18.6 Å². The standard InChI is InChI=1S/C21H26ClF3N2O5/c1-13(2)32-18(28)11-17(15-5-3-4-6-16(15)22)26-19(29)14-7-9-27(10-8-14)20(30)31-12-21(23,24)25/h3-6,13-14,17H,7-12H2,1-2H3,(H,26,29). The Morgan fingerprint density at radius 3 is 2.38 bits per heavy atom. The molecule has 0 saturated carbocycles. The predicted molar refractivity (Wildman–Crippen MR) is 110 cm³/mol. The van der Waals surface area contributed by atoms with Crippen LogP contribution in [0.1, 0.15) is 44.7 Å². The van der Waals surface area contributed by atoms with Crippen molar-refractivity contribution >= 4 is 29.6 Å². The summed E-state index contributed by atoms with van der Waals surface area (Å²) in [6, 6.07) is 6.10. The second-order valence-corrected chi connectivity index (χ2v) is 8.16. The second kappa shape index (κ2) is 11.4. The molecule has 0 radical (unpaired) electrons. The third-order valence-electron chi connectivity index (χ3n) is 4.82. The first kappa shape index (κ1) is 25.8. The maximum Gasteiger partial charge on any atom is 0.422 e. The third-order valence-corrected chi connectivity index (χ3v) is 5.16. The Labute approximate surface area is 189 Å². The molecule has 0 aromatic heterocycles. The van der Waals surface area contributed by atoms with Crippen LogP contribution in [0.25, 0.3) is 0 Å². The lowest BCUT2D eigenvalue weighted by atomic mass is 9.94. The number of carbonyl (C=O) groups is 3. The lowest BCUT2D eigenvalue weighted by Crippen LogP contribution is -2.44. The Kier molecular flexibility index (Phi) is 9.18. The summed E-state index contributed by atoms with van der Waals surface area (Å²) in [5.74, 6) is -1.31. The molecule has 32 heavy (non-hydrogen) atoms. The van der Waals surface area contributed by atoms with Crippen molar-refractivity contribution in [3.05, 3.63) is 34.9 Å². The third kappa shape index (κ3) is 8.22. The number of rotatable bonds is 7. The van der Waals surface area contributed by atoms with E-state index in [-0.39, 0.29) is 44.4 Å². The normalized spacial score (nSPS) is 15.9. The molecule has 0 aliphatic carbocycles. The number of hydrogen-bond acceptors (Lipinski definition) is 5. The summed E-state index contributed by atoms with van der Waals surface area (Å²) in [5.41, 5.74) is 0.566. The van der Waals surface area contributed by atoms with Crippen molar-refractivity contribution in [2.24, 2.45) is 5.92 Å². The number of nitrogens with zero attached hydrogens (tertiary/aromatic N) is 1. The Bertz CT molecular complexity index is 811. The Balaban J connectivity index is 1.97. The van der Waals surface area contributed by atoms with Crippen LogP contribution in [0, 0.1) is 5.92 Å². The molecular formula is C21H26ClF3N2O5. The van der Waals surface area contributed by atoms with E-state index in [1.54, 1.807) is 38.1 Å². The van der Waals surface area contributed by atoms with Gasteiger partial charge in [-0.2, -0.15) is 13.2 Å². The molecular weight excluding hydrogens is 453 g/mol. The number of ether oxygens (including phenoxy) is 2. The quantitative estimate of drug-likeness (QED) is 0.592. The monoisotopic (exact) mass is 478 g/mol. The highest BCUT2D eigenvalue weighted by molar-refractivity contribution is 6.31. The van der Waals surface area contributed by atoms with Crippen molar-refractivity contribution in [3.8, 4) is 0 Å².